The highest BCUT2D eigenvalue weighted by atomic mass is 16.1. The van der Waals surface area contributed by atoms with Crippen molar-refractivity contribution in [3.63, 3.8) is 0 Å². The van der Waals surface area contributed by atoms with E-state index in [0.717, 1.165) is 31.3 Å². The van der Waals surface area contributed by atoms with Gasteiger partial charge in [-0.15, -0.1) is 0 Å². The maximum Gasteiger partial charge on any atom is 0.168 e. The molecule has 0 bridgehead atoms. The summed E-state index contributed by atoms with van der Waals surface area (Å²) in [5.41, 5.74) is 2.20. The summed E-state index contributed by atoms with van der Waals surface area (Å²) >= 11 is 0. The third-order valence-electron chi connectivity index (χ3n) is 3.22. The second kappa shape index (κ2) is 2.32. The molecule has 1 fully saturated rings. The molecule has 0 saturated heterocycles. The van der Waals surface area contributed by atoms with E-state index < -0.39 is 0 Å². The molecule has 0 aromatic carbocycles. The van der Waals surface area contributed by atoms with Crippen LogP contribution < -0.4 is 0 Å². The van der Waals surface area contributed by atoms with Gasteiger partial charge in [0, 0.05) is 11.0 Å². The van der Waals surface area contributed by atoms with E-state index in [1.807, 2.05) is 6.92 Å². The number of allylic oxidation sites excluding steroid dienone is 3. The lowest BCUT2D eigenvalue weighted by Gasteiger charge is -2.22. The summed E-state index contributed by atoms with van der Waals surface area (Å²) in [6, 6.07) is 0. The van der Waals surface area contributed by atoms with Gasteiger partial charge in [0.05, 0.1) is 0 Å². The molecule has 0 atom stereocenters. The molecule has 0 aromatic rings. The Hall–Kier alpha value is -0.850. The molecule has 1 nitrogen and oxygen atoms in total. The zero-order chi connectivity index (χ0) is 8.77. The van der Waals surface area contributed by atoms with Gasteiger partial charge < -0.3 is 0 Å². The van der Waals surface area contributed by atoms with Crippen molar-refractivity contribution >= 4 is 5.78 Å². The topological polar surface area (TPSA) is 17.1 Å². The van der Waals surface area contributed by atoms with Gasteiger partial charge in [-0.1, -0.05) is 18.2 Å². The summed E-state index contributed by atoms with van der Waals surface area (Å²) in [5.74, 6) is 0.362. The van der Waals surface area contributed by atoms with Crippen molar-refractivity contribution in [3.8, 4) is 0 Å². The second-order valence-electron chi connectivity index (χ2n) is 4.01. The Labute approximate surface area is 73.2 Å². The number of hydrogen-bond acceptors (Lipinski definition) is 1. The molecule has 0 amide bonds. The van der Waals surface area contributed by atoms with E-state index in [4.69, 9.17) is 0 Å². The van der Waals surface area contributed by atoms with Crippen LogP contribution >= 0.6 is 0 Å². The number of rotatable bonds is 1. The zero-order valence-electron chi connectivity index (χ0n) is 7.52. The minimum absolute atomic E-state index is 0.0725. The monoisotopic (exact) mass is 162 g/mol. The molecule has 12 heavy (non-hydrogen) atoms. The van der Waals surface area contributed by atoms with Gasteiger partial charge in [-0.2, -0.15) is 0 Å². The lowest BCUT2D eigenvalue weighted by molar-refractivity contribution is -0.120. The fourth-order valence-electron chi connectivity index (χ4n) is 2.05. The molecule has 0 heterocycles. The first-order valence-electron chi connectivity index (χ1n) is 4.57. The van der Waals surface area contributed by atoms with Crippen molar-refractivity contribution < 1.29 is 4.79 Å². The number of ketones is 1. The molecule has 1 spiro atoms. The van der Waals surface area contributed by atoms with E-state index in [0.29, 0.717) is 5.78 Å². The van der Waals surface area contributed by atoms with Crippen molar-refractivity contribution in [2.45, 2.75) is 32.6 Å². The summed E-state index contributed by atoms with van der Waals surface area (Å²) in [6.45, 7) is 5.75. The molecule has 1 heteroatoms. The van der Waals surface area contributed by atoms with Crippen molar-refractivity contribution in [1.82, 2.24) is 0 Å². The molecule has 0 radical (unpaired) electrons. The van der Waals surface area contributed by atoms with Crippen LogP contribution in [0.5, 0.6) is 0 Å². The van der Waals surface area contributed by atoms with Crippen molar-refractivity contribution in [1.29, 1.82) is 0 Å². The van der Waals surface area contributed by atoms with E-state index in [1.165, 1.54) is 5.57 Å². The predicted octanol–water partition coefficient (Wildman–Crippen LogP) is 2.63. The van der Waals surface area contributed by atoms with Gasteiger partial charge in [0.15, 0.2) is 5.78 Å². The molecule has 2 rings (SSSR count). The van der Waals surface area contributed by atoms with Crippen LogP contribution in [0.3, 0.4) is 0 Å². The van der Waals surface area contributed by atoms with Crippen molar-refractivity contribution in [3.05, 3.63) is 23.8 Å². The standard InChI is InChI=1S/C11H14O/c1-3-9-8(2)4-5-11(6-7-11)10(9)12/h3H,1,4-7H2,2H3. The molecule has 0 N–H and O–H groups in total. The Morgan fingerprint density at radius 1 is 1.42 bits per heavy atom. The normalized spacial score (nSPS) is 26.2. The summed E-state index contributed by atoms with van der Waals surface area (Å²) in [7, 11) is 0. The largest absolute Gasteiger partial charge is 0.294 e. The van der Waals surface area contributed by atoms with Gasteiger partial charge in [0.2, 0.25) is 0 Å². The number of Topliss-reactive ketones (excluding diaryl/α,β-unsaturated/α-hetero) is 1. The highest BCUT2D eigenvalue weighted by molar-refractivity contribution is 6.05. The molecule has 0 aromatic heterocycles. The van der Waals surface area contributed by atoms with E-state index >= 15 is 0 Å². The van der Waals surface area contributed by atoms with Crippen LogP contribution in [0.15, 0.2) is 23.8 Å². The van der Waals surface area contributed by atoms with Crippen molar-refractivity contribution in [2.24, 2.45) is 5.41 Å². The van der Waals surface area contributed by atoms with Crippen LogP contribution in [0.2, 0.25) is 0 Å². The van der Waals surface area contributed by atoms with E-state index in [9.17, 15) is 4.79 Å². The van der Waals surface area contributed by atoms with Gasteiger partial charge in [0.1, 0.15) is 0 Å². The van der Waals surface area contributed by atoms with Gasteiger partial charge >= 0.3 is 0 Å². The molecule has 1 saturated carbocycles. The molecule has 2 aliphatic rings. The summed E-state index contributed by atoms with van der Waals surface area (Å²) in [4.78, 5) is 11.8. The summed E-state index contributed by atoms with van der Waals surface area (Å²) < 4.78 is 0. The van der Waals surface area contributed by atoms with Gasteiger partial charge in [-0.05, 0) is 32.6 Å². The molecule has 0 unspecified atom stereocenters. The fourth-order valence-corrected chi connectivity index (χ4v) is 2.05. The highest BCUT2D eigenvalue weighted by Crippen LogP contribution is 2.55. The van der Waals surface area contributed by atoms with Gasteiger partial charge in [0.25, 0.3) is 0 Å². The molecule has 64 valence electrons. The number of carbonyl (C=O) groups is 1. The molecular weight excluding hydrogens is 148 g/mol. The average Bonchev–Trinajstić information content (AvgIpc) is 2.81. The lowest BCUT2D eigenvalue weighted by atomic mass is 9.81. The number of carbonyl (C=O) groups excluding carboxylic acids is 1. The second-order valence-corrected chi connectivity index (χ2v) is 4.01. The Balaban J connectivity index is 2.38. The first-order chi connectivity index (χ1) is 5.69. The maximum absolute atomic E-state index is 11.8. The minimum Gasteiger partial charge on any atom is -0.294 e. The van der Waals surface area contributed by atoms with E-state index in [2.05, 4.69) is 6.58 Å². The third kappa shape index (κ3) is 0.889. The molecular formula is C11H14O. The van der Waals surface area contributed by atoms with Gasteiger partial charge in [-0.3, -0.25) is 4.79 Å². The quantitative estimate of drug-likeness (QED) is 0.579. The molecule has 0 aliphatic heterocycles. The first-order valence-corrected chi connectivity index (χ1v) is 4.57. The minimum atomic E-state index is 0.0725. The van der Waals surface area contributed by atoms with Crippen LogP contribution in [0, 0.1) is 5.41 Å². The fraction of sp³-hybridized carbons (Fsp3) is 0.545. The van der Waals surface area contributed by atoms with Crippen LogP contribution in [0.25, 0.3) is 0 Å². The third-order valence-corrected chi connectivity index (χ3v) is 3.22. The highest BCUT2D eigenvalue weighted by Gasteiger charge is 2.51. The lowest BCUT2D eigenvalue weighted by Crippen LogP contribution is -2.22. The molecule has 2 aliphatic carbocycles. The Bertz CT molecular complexity index is 279. The van der Waals surface area contributed by atoms with Crippen molar-refractivity contribution in [2.75, 3.05) is 0 Å². The maximum atomic E-state index is 11.8. The van der Waals surface area contributed by atoms with Gasteiger partial charge in [-0.25, -0.2) is 0 Å². The Morgan fingerprint density at radius 2 is 2.08 bits per heavy atom. The first kappa shape index (κ1) is 7.78. The Kier molecular flexibility index (Phi) is 1.50. The summed E-state index contributed by atoms with van der Waals surface area (Å²) in [5, 5.41) is 0. The van der Waals surface area contributed by atoms with E-state index in [-0.39, 0.29) is 5.41 Å². The average molecular weight is 162 g/mol. The van der Waals surface area contributed by atoms with Crippen LogP contribution in [-0.2, 0) is 4.79 Å². The zero-order valence-corrected chi connectivity index (χ0v) is 7.52. The van der Waals surface area contributed by atoms with Crippen LogP contribution in [0.4, 0.5) is 0 Å². The van der Waals surface area contributed by atoms with Crippen LogP contribution in [0.1, 0.15) is 32.6 Å². The number of hydrogen-bond donors (Lipinski definition) is 0. The Morgan fingerprint density at radius 3 is 2.58 bits per heavy atom. The predicted molar refractivity (Wildman–Crippen MR) is 48.8 cm³/mol. The summed E-state index contributed by atoms with van der Waals surface area (Å²) in [6.07, 6.45) is 6.12. The smallest absolute Gasteiger partial charge is 0.168 e. The SMILES string of the molecule is C=CC1=C(C)CCC2(CC2)C1=O. The van der Waals surface area contributed by atoms with E-state index in [1.54, 1.807) is 6.08 Å². The van der Waals surface area contributed by atoms with Crippen LogP contribution in [-0.4, -0.2) is 5.78 Å².